The summed E-state index contributed by atoms with van der Waals surface area (Å²) >= 11 is 0. The van der Waals surface area contributed by atoms with Crippen LogP contribution in [0.25, 0.3) is 10.9 Å². The number of hydrogen-bond acceptors (Lipinski definition) is 4. The highest BCUT2D eigenvalue weighted by Crippen LogP contribution is 2.26. The number of H-pyrrole nitrogens is 1. The van der Waals surface area contributed by atoms with E-state index in [-0.39, 0.29) is 23.4 Å². The van der Waals surface area contributed by atoms with Crippen LogP contribution >= 0.6 is 0 Å². The van der Waals surface area contributed by atoms with E-state index in [0.29, 0.717) is 41.9 Å². The SMILES string of the molecule is O=C(CCCc1nc2ccccc2c(=O)[nH]1)NC1CCN(C(=O)C2CCCCC2)CC1. The summed E-state index contributed by atoms with van der Waals surface area (Å²) in [6.45, 7) is 1.48. The summed E-state index contributed by atoms with van der Waals surface area (Å²) in [5.41, 5.74) is 0.542. The van der Waals surface area contributed by atoms with Crippen molar-refractivity contribution in [2.45, 2.75) is 70.3 Å². The molecule has 2 fully saturated rings. The topological polar surface area (TPSA) is 95.2 Å². The molecule has 166 valence electrons. The van der Waals surface area contributed by atoms with Gasteiger partial charge in [-0.05, 0) is 44.2 Å². The number of carbonyl (C=O) groups is 2. The number of nitrogens with zero attached hydrogens (tertiary/aromatic N) is 2. The van der Waals surface area contributed by atoms with Crippen LogP contribution in [0.4, 0.5) is 0 Å². The fraction of sp³-hybridized carbons (Fsp3) is 0.583. The molecule has 7 heteroatoms. The monoisotopic (exact) mass is 424 g/mol. The molecule has 1 saturated carbocycles. The highest BCUT2D eigenvalue weighted by atomic mass is 16.2. The second-order valence-electron chi connectivity index (χ2n) is 8.89. The minimum absolute atomic E-state index is 0.0280. The van der Waals surface area contributed by atoms with Crippen LogP contribution in [0, 0.1) is 5.92 Å². The van der Waals surface area contributed by atoms with E-state index in [2.05, 4.69) is 15.3 Å². The third kappa shape index (κ3) is 5.51. The molecule has 7 nitrogen and oxygen atoms in total. The molecule has 1 aromatic heterocycles. The lowest BCUT2D eigenvalue weighted by Gasteiger charge is -2.35. The Morgan fingerprint density at radius 2 is 1.81 bits per heavy atom. The van der Waals surface area contributed by atoms with E-state index in [1.54, 1.807) is 6.07 Å². The lowest BCUT2D eigenvalue weighted by atomic mass is 9.87. The Morgan fingerprint density at radius 1 is 1.06 bits per heavy atom. The summed E-state index contributed by atoms with van der Waals surface area (Å²) in [6.07, 6.45) is 8.90. The highest BCUT2D eigenvalue weighted by Gasteiger charge is 2.29. The van der Waals surface area contributed by atoms with E-state index < -0.39 is 0 Å². The first-order chi connectivity index (χ1) is 15.1. The van der Waals surface area contributed by atoms with Crippen LogP contribution in [-0.2, 0) is 16.0 Å². The number of fused-ring (bicyclic) bond motifs is 1. The molecule has 1 aliphatic heterocycles. The molecule has 2 amide bonds. The number of aromatic nitrogens is 2. The summed E-state index contributed by atoms with van der Waals surface area (Å²) < 4.78 is 0. The van der Waals surface area contributed by atoms with Gasteiger partial charge in [0.2, 0.25) is 11.8 Å². The predicted octanol–water partition coefficient (Wildman–Crippen LogP) is 2.93. The van der Waals surface area contributed by atoms with Gasteiger partial charge in [-0.3, -0.25) is 14.4 Å². The van der Waals surface area contributed by atoms with Gasteiger partial charge in [-0.1, -0.05) is 31.4 Å². The largest absolute Gasteiger partial charge is 0.353 e. The van der Waals surface area contributed by atoms with Crippen molar-refractivity contribution in [2.75, 3.05) is 13.1 Å². The molecule has 2 aromatic rings. The Kier molecular flexibility index (Phi) is 6.99. The average Bonchev–Trinajstić information content (AvgIpc) is 2.80. The van der Waals surface area contributed by atoms with Gasteiger partial charge < -0.3 is 15.2 Å². The molecule has 1 saturated heterocycles. The number of benzene rings is 1. The quantitative estimate of drug-likeness (QED) is 0.745. The maximum absolute atomic E-state index is 12.7. The van der Waals surface area contributed by atoms with Gasteiger partial charge in [0.1, 0.15) is 5.82 Å². The molecule has 4 rings (SSSR count). The minimum atomic E-state index is -0.139. The van der Waals surface area contributed by atoms with Crippen LogP contribution in [0.15, 0.2) is 29.1 Å². The molecule has 1 aromatic carbocycles. The van der Waals surface area contributed by atoms with Crippen LogP contribution in [0.1, 0.15) is 63.6 Å². The van der Waals surface area contributed by atoms with E-state index in [0.717, 1.165) is 38.8 Å². The number of likely N-dealkylation sites (tertiary alicyclic amines) is 1. The van der Waals surface area contributed by atoms with Crippen molar-refractivity contribution < 1.29 is 9.59 Å². The molecule has 2 aliphatic rings. The summed E-state index contributed by atoms with van der Waals surface area (Å²) in [5.74, 6) is 1.18. The van der Waals surface area contributed by atoms with E-state index in [1.165, 1.54) is 19.3 Å². The van der Waals surface area contributed by atoms with Gasteiger partial charge >= 0.3 is 0 Å². The number of nitrogens with one attached hydrogen (secondary N) is 2. The zero-order chi connectivity index (χ0) is 21.6. The zero-order valence-corrected chi connectivity index (χ0v) is 18.1. The molecular formula is C24H32N4O3. The first kappa shape index (κ1) is 21.5. The molecule has 0 unspecified atom stereocenters. The molecule has 2 heterocycles. The Bertz CT molecular complexity index is 972. The number of carbonyl (C=O) groups excluding carboxylic acids is 2. The van der Waals surface area contributed by atoms with E-state index in [1.807, 2.05) is 23.1 Å². The van der Waals surface area contributed by atoms with Crippen LogP contribution in [0.2, 0.25) is 0 Å². The third-order valence-corrected chi connectivity index (χ3v) is 6.61. The maximum Gasteiger partial charge on any atom is 0.258 e. The second-order valence-corrected chi connectivity index (χ2v) is 8.89. The molecule has 1 aliphatic carbocycles. The lowest BCUT2D eigenvalue weighted by Crippen LogP contribution is -2.48. The van der Waals surface area contributed by atoms with Gasteiger partial charge in [0.05, 0.1) is 10.9 Å². The second kappa shape index (κ2) is 10.1. The molecule has 0 spiro atoms. The number of piperidine rings is 1. The minimum Gasteiger partial charge on any atom is -0.353 e. The number of rotatable bonds is 6. The maximum atomic E-state index is 12.7. The number of aryl methyl sites for hydroxylation is 1. The smallest absolute Gasteiger partial charge is 0.258 e. The third-order valence-electron chi connectivity index (χ3n) is 6.61. The highest BCUT2D eigenvalue weighted by molar-refractivity contribution is 5.79. The van der Waals surface area contributed by atoms with Crippen LogP contribution in [0.3, 0.4) is 0 Å². The van der Waals surface area contributed by atoms with Gasteiger partial charge in [0, 0.05) is 37.9 Å². The first-order valence-corrected chi connectivity index (χ1v) is 11.7. The van der Waals surface area contributed by atoms with Crippen molar-refractivity contribution in [3.8, 4) is 0 Å². The van der Waals surface area contributed by atoms with Gasteiger partial charge in [-0.15, -0.1) is 0 Å². The van der Waals surface area contributed by atoms with Crippen molar-refractivity contribution in [2.24, 2.45) is 5.92 Å². The predicted molar refractivity (Wildman–Crippen MR) is 120 cm³/mol. The van der Waals surface area contributed by atoms with Crippen LogP contribution in [-0.4, -0.2) is 45.8 Å². The lowest BCUT2D eigenvalue weighted by molar-refractivity contribution is -0.137. The molecule has 0 radical (unpaired) electrons. The van der Waals surface area contributed by atoms with Crippen molar-refractivity contribution in [1.29, 1.82) is 0 Å². The standard InChI is InChI=1S/C24H32N4O3/c29-22(12-6-11-21-26-20-10-5-4-9-19(20)23(30)27-21)25-18-13-15-28(16-14-18)24(31)17-7-2-1-3-8-17/h4-5,9-10,17-18H,1-3,6-8,11-16H2,(H,25,29)(H,26,27,30). The Morgan fingerprint density at radius 3 is 2.58 bits per heavy atom. The Labute approximate surface area is 182 Å². The van der Waals surface area contributed by atoms with Crippen molar-refractivity contribution in [3.63, 3.8) is 0 Å². The number of amides is 2. The van der Waals surface area contributed by atoms with Gasteiger partial charge in [-0.25, -0.2) is 4.98 Å². The van der Waals surface area contributed by atoms with Crippen LogP contribution < -0.4 is 10.9 Å². The zero-order valence-electron chi connectivity index (χ0n) is 18.1. The molecule has 0 atom stereocenters. The molecule has 2 N–H and O–H groups in total. The fourth-order valence-corrected chi connectivity index (χ4v) is 4.82. The van der Waals surface area contributed by atoms with Crippen molar-refractivity contribution in [1.82, 2.24) is 20.2 Å². The molecule has 31 heavy (non-hydrogen) atoms. The normalized spacial score (nSPS) is 18.3. The van der Waals surface area contributed by atoms with Gasteiger partial charge in [0.15, 0.2) is 0 Å². The summed E-state index contributed by atoms with van der Waals surface area (Å²) in [4.78, 5) is 46.5. The number of hydrogen-bond donors (Lipinski definition) is 2. The van der Waals surface area contributed by atoms with Gasteiger partial charge in [0.25, 0.3) is 5.56 Å². The van der Waals surface area contributed by atoms with E-state index >= 15 is 0 Å². The Hall–Kier alpha value is -2.70. The molecule has 0 bridgehead atoms. The first-order valence-electron chi connectivity index (χ1n) is 11.7. The summed E-state index contributed by atoms with van der Waals surface area (Å²) in [5, 5.41) is 3.70. The van der Waals surface area contributed by atoms with E-state index in [9.17, 15) is 14.4 Å². The number of para-hydroxylation sites is 1. The Balaban J connectivity index is 1.19. The fourth-order valence-electron chi connectivity index (χ4n) is 4.82. The van der Waals surface area contributed by atoms with Crippen molar-refractivity contribution >= 4 is 22.7 Å². The van der Waals surface area contributed by atoms with Crippen LogP contribution in [0.5, 0.6) is 0 Å². The summed E-state index contributed by atoms with van der Waals surface area (Å²) in [6, 6.07) is 7.40. The van der Waals surface area contributed by atoms with Gasteiger partial charge in [-0.2, -0.15) is 0 Å². The molecular weight excluding hydrogens is 392 g/mol. The summed E-state index contributed by atoms with van der Waals surface area (Å²) in [7, 11) is 0. The average molecular weight is 425 g/mol. The van der Waals surface area contributed by atoms with Crippen molar-refractivity contribution in [3.05, 3.63) is 40.4 Å². The van der Waals surface area contributed by atoms with E-state index in [4.69, 9.17) is 0 Å². The number of aromatic amines is 1.